The summed E-state index contributed by atoms with van der Waals surface area (Å²) in [6, 6.07) is 16.0. The Bertz CT molecular complexity index is 856. The van der Waals surface area contributed by atoms with Gasteiger partial charge in [-0.3, -0.25) is 9.48 Å². The van der Waals surface area contributed by atoms with Crippen molar-refractivity contribution in [3.8, 4) is 0 Å². The summed E-state index contributed by atoms with van der Waals surface area (Å²) >= 11 is 0. The molecule has 3 rings (SSSR count). The predicted octanol–water partition coefficient (Wildman–Crippen LogP) is 3.72. The van der Waals surface area contributed by atoms with Gasteiger partial charge in [0.25, 0.3) is 0 Å². The molecule has 3 aromatic rings. The number of hydrogen-bond donors (Lipinski definition) is 1. The first-order valence-corrected chi connectivity index (χ1v) is 7.51. The van der Waals surface area contributed by atoms with Gasteiger partial charge in [-0.2, -0.15) is 5.10 Å². The van der Waals surface area contributed by atoms with Crippen molar-refractivity contribution in [2.45, 2.75) is 6.54 Å². The second-order valence-corrected chi connectivity index (χ2v) is 5.26. The third-order valence-electron chi connectivity index (χ3n) is 3.40. The van der Waals surface area contributed by atoms with E-state index in [-0.39, 0.29) is 5.69 Å². The van der Waals surface area contributed by atoms with Crippen molar-refractivity contribution >= 4 is 17.7 Å². The topological polar surface area (TPSA) is 46.9 Å². The van der Waals surface area contributed by atoms with Gasteiger partial charge in [0, 0.05) is 17.8 Å². The van der Waals surface area contributed by atoms with Gasteiger partial charge in [0.05, 0.1) is 18.4 Å². The molecule has 0 aliphatic heterocycles. The smallest absolute Gasteiger partial charge is 0.248 e. The van der Waals surface area contributed by atoms with Crippen LogP contribution in [0, 0.1) is 5.82 Å². The Morgan fingerprint density at radius 2 is 1.88 bits per heavy atom. The molecule has 0 bridgehead atoms. The molecule has 0 aliphatic carbocycles. The summed E-state index contributed by atoms with van der Waals surface area (Å²) in [5.74, 6) is -0.856. The summed E-state index contributed by atoms with van der Waals surface area (Å²) in [5, 5.41) is 6.76. The normalized spacial score (nSPS) is 10.9. The Labute approximate surface area is 139 Å². The SMILES string of the molecule is O=C(/C=C/c1cnn(Cc2ccccc2)c1)Nc1ccccc1F. The van der Waals surface area contributed by atoms with Gasteiger partial charge in [-0.15, -0.1) is 0 Å². The second kappa shape index (κ2) is 7.37. The summed E-state index contributed by atoms with van der Waals surface area (Å²) in [5.41, 5.74) is 2.11. The van der Waals surface area contributed by atoms with Gasteiger partial charge in [0.2, 0.25) is 5.91 Å². The van der Waals surface area contributed by atoms with E-state index in [0.29, 0.717) is 6.54 Å². The van der Waals surface area contributed by atoms with Crippen LogP contribution in [0.4, 0.5) is 10.1 Å². The van der Waals surface area contributed by atoms with Crippen LogP contribution in [0.2, 0.25) is 0 Å². The summed E-state index contributed by atoms with van der Waals surface area (Å²) < 4.78 is 15.3. The Balaban J connectivity index is 1.61. The van der Waals surface area contributed by atoms with Gasteiger partial charge < -0.3 is 5.32 Å². The van der Waals surface area contributed by atoms with Crippen LogP contribution in [-0.2, 0) is 11.3 Å². The lowest BCUT2D eigenvalue weighted by molar-refractivity contribution is -0.111. The minimum atomic E-state index is -0.463. The molecule has 1 aromatic heterocycles. The standard InChI is InChI=1S/C19H16FN3O/c20-17-8-4-5-9-18(17)22-19(24)11-10-16-12-21-23(14-16)13-15-6-2-1-3-7-15/h1-12,14H,13H2,(H,22,24)/b11-10+. The minimum Gasteiger partial charge on any atom is -0.320 e. The molecule has 1 amide bonds. The molecule has 0 aliphatic rings. The molecule has 1 N–H and O–H groups in total. The fourth-order valence-corrected chi connectivity index (χ4v) is 2.23. The maximum atomic E-state index is 13.5. The molecular formula is C19H16FN3O. The monoisotopic (exact) mass is 321 g/mol. The van der Waals surface area contributed by atoms with Crippen molar-refractivity contribution in [1.82, 2.24) is 9.78 Å². The van der Waals surface area contributed by atoms with E-state index in [2.05, 4.69) is 10.4 Å². The molecular weight excluding hydrogens is 305 g/mol. The molecule has 0 saturated heterocycles. The number of carbonyl (C=O) groups excluding carboxylic acids is 1. The second-order valence-electron chi connectivity index (χ2n) is 5.26. The number of para-hydroxylation sites is 1. The average molecular weight is 321 g/mol. The maximum Gasteiger partial charge on any atom is 0.248 e. The highest BCUT2D eigenvalue weighted by Crippen LogP contribution is 2.12. The number of amides is 1. The number of rotatable bonds is 5. The summed E-state index contributed by atoms with van der Waals surface area (Å²) in [7, 11) is 0. The van der Waals surface area contributed by atoms with E-state index in [9.17, 15) is 9.18 Å². The van der Waals surface area contributed by atoms with Gasteiger partial charge >= 0.3 is 0 Å². The van der Waals surface area contributed by atoms with E-state index < -0.39 is 11.7 Å². The van der Waals surface area contributed by atoms with Crippen LogP contribution >= 0.6 is 0 Å². The number of nitrogens with zero attached hydrogens (tertiary/aromatic N) is 2. The first-order chi connectivity index (χ1) is 11.7. The lowest BCUT2D eigenvalue weighted by atomic mass is 10.2. The Hall–Kier alpha value is -3.21. The van der Waals surface area contributed by atoms with Crippen molar-refractivity contribution < 1.29 is 9.18 Å². The average Bonchev–Trinajstić information content (AvgIpc) is 3.03. The van der Waals surface area contributed by atoms with Crippen molar-refractivity contribution in [2.24, 2.45) is 0 Å². The van der Waals surface area contributed by atoms with E-state index in [0.717, 1.165) is 11.1 Å². The van der Waals surface area contributed by atoms with Crippen LogP contribution < -0.4 is 5.32 Å². The van der Waals surface area contributed by atoms with Crippen molar-refractivity contribution in [1.29, 1.82) is 0 Å². The highest BCUT2D eigenvalue weighted by molar-refractivity contribution is 6.01. The quantitative estimate of drug-likeness (QED) is 0.728. The minimum absolute atomic E-state index is 0.159. The number of carbonyl (C=O) groups is 1. The Morgan fingerprint density at radius 1 is 1.12 bits per heavy atom. The number of benzene rings is 2. The molecule has 2 aromatic carbocycles. The van der Waals surface area contributed by atoms with E-state index in [1.54, 1.807) is 29.1 Å². The zero-order valence-electron chi connectivity index (χ0n) is 12.9. The number of aromatic nitrogens is 2. The van der Waals surface area contributed by atoms with Gasteiger partial charge in [-0.1, -0.05) is 42.5 Å². The number of halogens is 1. The van der Waals surface area contributed by atoms with E-state index in [4.69, 9.17) is 0 Å². The third-order valence-corrected chi connectivity index (χ3v) is 3.40. The first-order valence-electron chi connectivity index (χ1n) is 7.51. The van der Waals surface area contributed by atoms with Gasteiger partial charge in [-0.25, -0.2) is 4.39 Å². The molecule has 0 fully saturated rings. The van der Waals surface area contributed by atoms with E-state index >= 15 is 0 Å². The lowest BCUT2D eigenvalue weighted by Gasteiger charge is -2.02. The Morgan fingerprint density at radius 3 is 2.67 bits per heavy atom. The highest BCUT2D eigenvalue weighted by atomic mass is 19.1. The Kier molecular flexibility index (Phi) is 4.81. The molecule has 1 heterocycles. The number of hydrogen-bond acceptors (Lipinski definition) is 2. The van der Waals surface area contributed by atoms with Crippen LogP contribution in [0.25, 0.3) is 6.08 Å². The van der Waals surface area contributed by atoms with Crippen LogP contribution in [0.5, 0.6) is 0 Å². The summed E-state index contributed by atoms with van der Waals surface area (Å²) in [4.78, 5) is 11.8. The van der Waals surface area contributed by atoms with Crippen LogP contribution in [0.15, 0.2) is 73.1 Å². The van der Waals surface area contributed by atoms with Crippen LogP contribution in [0.3, 0.4) is 0 Å². The van der Waals surface area contributed by atoms with Crippen molar-refractivity contribution in [3.63, 3.8) is 0 Å². The maximum absolute atomic E-state index is 13.5. The predicted molar refractivity (Wildman–Crippen MR) is 91.8 cm³/mol. The molecule has 0 saturated carbocycles. The van der Waals surface area contributed by atoms with Gasteiger partial charge in [-0.05, 0) is 23.8 Å². The van der Waals surface area contributed by atoms with Crippen LogP contribution in [0.1, 0.15) is 11.1 Å². The summed E-state index contributed by atoms with van der Waals surface area (Å²) in [6.07, 6.45) is 6.52. The van der Waals surface area contributed by atoms with Crippen molar-refractivity contribution in [3.05, 3.63) is 90.0 Å². The first kappa shape index (κ1) is 15.7. The zero-order valence-corrected chi connectivity index (χ0v) is 12.9. The highest BCUT2D eigenvalue weighted by Gasteiger charge is 2.03. The molecule has 0 atom stereocenters. The molecule has 0 radical (unpaired) electrons. The fraction of sp³-hybridized carbons (Fsp3) is 0.0526. The third kappa shape index (κ3) is 4.16. The molecule has 0 spiro atoms. The van der Waals surface area contributed by atoms with Crippen LogP contribution in [-0.4, -0.2) is 15.7 Å². The molecule has 4 nitrogen and oxygen atoms in total. The fourth-order valence-electron chi connectivity index (χ4n) is 2.23. The number of nitrogens with one attached hydrogen (secondary N) is 1. The molecule has 120 valence electrons. The van der Waals surface area contributed by atoms with Gasteiger partial charge in [0.15, 0.2) is 0 Å². The molecule has 0 unspecified atom stereocenters. The van der Waals surface area contributed by atoms with Crippen molar-refractivity contribution in [2.75, 3.05) is 5.32 Å². The largest absolute Gasteiger partial charge is 0.320 e. The van der Waals surface area contributed by atoms with E-state index in [1.165, 1.54) is 18.2 Å². The number of anilines is 1. The summed E-state index contributed by atoms with van der Waals surface area (Å²) in [6.45, 7) is 0.663. The zero-order chi connectivity index (χ0) is 16.8. The lowest BCUT2D eigenvalue weighted by Crippen LogP contribution is -2.08. The molecule has 5 heteroatoms. The van der Waals surface area contributed by atoms with Gasteiger partial charge in [0.1, 0.15) is 5.82 Å². The molecule has 24 heavy (non-hydrogen) atoms. The van der Waals surface area contributed by atoms with E-state index in [1.807, 2.05) is 36.5 Å².